The summed E-state index contributed by atoms with van der Waals surface area (Å²) in [5.41, 5.74) is 6.00. The van der Waals surface area contributed by atoms with Gasteiger partial charge in [-0.25, -0.2) is 4.79 Å². The molecular weight excluding hydrogens is 248 g/mol. The molecule has 2 N–H and O–H groups in total. The molecule has 0 unspecified atom stereocenters. The largest absolute Gasteiger partial charge is 0.465 e. The van der Waals surface area contributed by atoms with Crippen molar-refractivity contribution in [1.82, 2.24) is 0 Å². The molecule has 0 radical (unpaired) electrons. The molecule has 0 atom stereocenters. The normalized spacial score (nSPS) is 9.07. The van der Waals surface area contributed by atoms with Gasteiger partial charge in [-0.1, -0.05) is 23.2 Å². The Balaban J connectivity index is 0.00000169. The zero-order valence-electron chi connectivity index (χ0n) is 7.21. The number of methoxy groups -OCH3 is 1. The van der Waals surface area contributed by atoms with Crippen molar-refractivity contribution >= 4 is 47.3 Å². The summed E-state index contributed by atoms with van der Waals surface area (Å²) in [5, 5.41) is 0.545. The van der Waals surface area contributed by atoms with Gasteiger partial charge in [0.25, 0.3) is 0 Å². The van der Waals surface area contributed by atoms with Crippen LogP contribution in [0.1, 0.15) is 10.4 Å². The van der Waals surface area contributed by atoms with E-state index >= 15 is 0 Å². The number of halogens is 3. The minimum absolute atomic E-state index is 0. The molecule has 1 rings (SSSR count). The van der Waals surface area contributed by atoms with Gasteiger partial charge in [-0.05, 0) is 12.1 Å². The average Bonchev–Trinajstić information content (AvgIpc) is 2.10. The van der Waals surface area contributed by atoms with E-state index in [9.17, 15) is 4.79 Å². The molecule has 0 saturated carbocycles. The summed E-state index contributed by atoms with van der Waals surface area (Å²) in [6, 6.07) is 2.79. The Morgan fingerprint density at radius 2 is 1.93 bits per heavy atom. The first-order valence-corrected chi connectivity index (χ1v) is 4.14. The topological polar surface area (TPSA) is 52.3 Å². The maximum absolute atomic E-state index is 11.1. The molecule has 0 fully saturated rings. The predicted molar refractivity (Wildman–Crippen MR) is 59.5 cm³/mol. The van der Waals surface area contributed by atoms with Gasteiger partial charge in [0.1, 0.15) is 0 Å². The Morgan fingerprint density at radius 3 is 2.43 bits per heavy atom. The van der Waals surface area contributed by atoms with Crippen LogP contribution in [-0.2, 0) is 4.74 Å². The van der Waals surface area contributed by atoms with Gasteiger partial charge in [0.05, 0.1) is 28.4 Å². The second-order valence-corrected chi connectivity index (χ2v) is 3.16. The zero-order valence-corrected chi connectivity index (χ0v) is 9.54. The fourth-order valence-corrected chi connectivity index (χ4v) is 1.29. The number of hydrogen-bond donors (Lipinski definition) is 1. The van der Waals surface area contributed by atoms with Crippen molar-refractivity contribution in [3.8, 4) is 0 Å². The number of anilines is 1. The maximum atomic E-state index is 11.1. The third kappa shape index (κ3) is 2.67. The van der Waals surface area contributed by atoms with E-state index in [1.54, 1.807) is 0 Å². The van der Waals surface area contributed by atoms with Crippen LogP contribution in [0, 0.1) is 0 Å². The lowest BCUT2D eigenvalue weighted by Gasteiger charge is -2.04. The molecule has 3 nitrogen and oxygen atoms in total. The summed E-state index contributed by atoms with van der Waals surface area (Å²) in [5.74, 6) is -0.534. The fourth-order valence-electron chi connectivity index (χ4n) is 0.832. The summed E-state index contributed by atoms with van der Waals surface area (Å²) in [6.07, 6.45) is 0. The first-order chi connectivity index (χ1) is 6.06. The highest BCUT2D eigenvalue weighted by Gasteiger charge is 2.12. The van der Waals surface area contributed by atoms with E-state index < -0.39 is 5.97 Å². The summed E-state index contributed by atoms with van der Waals surface area (Å²) in [7, 11) is 1.27. The van der Waals surface area contributed by atoms with E-state index in [0.29, 0.717) is 10.7 Å². The highest BCUT2D eigenvalue weighted by atomic mass is 35.5. The number of nitrogen functional groups attached to an aromatic ring is 1. The van der Waals surface area contributed by atoms with Crippen LogP contribution in [0.25, 0.3) is 0 Å². The van der Waals surface area contributed by atoms with Crippen molar-refractivity contribution in [2.24, 2.45) is 0 Å². The molecule has 0 amide bonds. The third-order valence-corrected chi connectivity index (χ3v) is 2.13. The second kappa shape index (κ2) is 5.29. The Labute approximate surface area is 97.5 Å². The van der Waals surface area contributed by atoms with E-state index in [0.717, 1.165) is 0 Å². The minimum atomic E-state index is -0.534. The molecule has 0 spiro atoms. The smallest absolute Gasteiger partial charge is 0.339 e. The number of rotatable bonds is 1. The first kappa shape index (κ1) is 13.4. The zero-order chi connectivity index (χ0) is 10.0. The standard InChI is InChI=1S/C8H7Cl2NO2.ClH/c1-13-8(12)4-2-7(11)6(10)3-5(4)9;/h2-3H,11H2,1H3;1H. The summed E-state index contributed by atoms with van der Waals surface area (Å²) >= 11 is 11.4. The molecule has 0 aromatic heterocycles. The van der Waals surface area contributed by atoms with Crippen LogP contribution in [0.2, 0.25) is 10.0 Å². The molecule has 0 aliphatic rings. The summed E-state index contributed by atoms with van der Waals surface area (Å²) in [4.78, 5) is 11.1. The number of carbonyl (C=O) groups excluding carboxylic acids is 1. The van der Waals surface area contributed by atoms with Gasteiger partial charge < -0.3 is 10.5 Å². The van der Waals surface area contributed by atoms with Crippen LogP contribution in [0.4, 0.5) is 5.69 Å². The van der Waals surface area contributed by atoms with Crippen LogP contribution >= 0.6 is 35.6 Å². The van der Waals surface area contributed by atoms with Crippen molar-refractivity contribution < 1.29 is 9.53 Å². The SMILES string of the molecule is COC(=O)c1cc(N)c(Cl)cc1Cl.Cl. The van der Waals surface area contributed by atoms with Crippen LogP contribution < -0.4 is 5.73 Å². The molecule has 0 bridgehead atoms. The Morgan fingerprint density at radius 1 is 1.36 bits per heavy atom. The van der Waals surface area contributed by atoms with Crippen LogP contribution in [0.3, 0.4) is 0 Å². The fraction of sp³-hybridized carbons (Fsp3) is 0.125. The van der Waals surface area contributed by atoms with Crippen molar-refractivity contribution in [1.29, 1.82) is 0 Å². The number of benzene rings is 1. The van der Waals surface area contributed by atoms with E-state index in [2.05, 4.69) is 4.74 Å². The Bertz CT molecular complexity index is 355. The van der Waals surface area contributed by atoms with Gasteiger partial charge in [0.2, 0.25) is 0 Å². The highest BCUT2D eigenvalue weighted by molar-refractivity contribution is 6.38. The van der Waals surface area contributed by atoms with Crippen LogP contribution in [-0.4, -0.2) is 13.1 Å². The van der Waals surface area contributed by atoms with Gasteiger partial charge in [-0.15, -0.1) is 12.4 Å². The maximum Gasteiger partial charge on any atom is 0.339 e. The molecule has 0 aliphatic heterocycles. The summed E-state index contributed by atoms with van der Waals surface area (Å²) in [6.45, 7) is 0. The third-order valence-electron chi connectivity index (χ3n) is 1.49. The van der Waals surface area contributed by atoms with E-state index in [1.165, 1.54) is 19.2 Å². The van der Waals surface area contributed by atoms with Crippen molar-refractivity contribution in [3.05, 3.63) is 27.7 Å². The number of esters is 1. The van der Waals surface area contributed by atoms with Gasteiger partial charge in [-0.2, -0.15) is 0 Å². The van der Waals surface area contributed by atoms with Gasteiger partial charge in [0.15, 0.2) is 0 Å². The lowest BCUT2D eigenvalue weighted by molar-refractivity contribution is 0.0601. The van der Waals surface area contributed by atoms with Gasteiger partial charge in [-0.3, -0.25) is 0 Å². The van der Waals surface area contributed by atoms with Gasteiger partial charge >= 0.3 is 5.97 Å². The molecule has 78 valence electrons. The minimum Gasteiger partial charge on any atom is -0.465 e. The Hall–Kier alpha value is -0.640. The average molecular weight is 257 g/mol. The van der Waals surface area contributed by atoms with Crippen molar-refractivity contribution in [3.63, 3.8) is 0 Å². The lowest BCUT2D eigenvalue weighted by atomic mass is 10.2. The number of ether oxygens (including phenoxy) is 1. The molecule has 0 aliphatic carbocycles. The molecule has 1 aromatic rings. The van der Waals surface area contributed by atoms with Crippen LogP contribution in [0.5, 0.6) is 0 Å². The van der Waals surface area contributed by atoms with E-state index in [4.69, 9.17) is 28.9 Å². The summed E-state index contributed by atoms with van der Waals surface area (Å²) < 4.78 is 4.49. The van der Waals surface area contributed by atoms with Crippen LogP contribution in [0.15, 0.2) is 12.1 Å². The lowest BCUT2D eigenvalue weighted by Crippen LogP contribution is -2.03. The second-order valence-electron chi connectivity index (χ2n) is 2.35. The van der Waals surface area contributed by atoms with E-state index in [1.807, 2.05) is 0 Å². The number of nitrogens with two attached hydrogens (primary N) is 1. The monoisotopic (exact) mass is 255 g/mol. The molecule has 14 heavy (non-hydrogen) atoms. The van der Waals surface area contributed by atoms with Crippen molar-refractivity contribution in [2.75, 3.05) is 12.8 Å². The number of carbonyl (C=O) groups is 1. The Kier molecular flexibility index (Phi) is 5.05. The predicted octanol–water partition coefficient (Wildman–Crippen LogP) is 2.78. The van der Waals surface area contributed by atoms with Gasteiger partial charge in [0, 0.05) is 0 Å². The molecular formula is C8H8Cl3NO2. The molecule has 1 aromatic carbocycles. The number of hydrogen-bond acceptors (Lipinski definition) is 3. The first-order valence-electron chi connectivity index (χ1n) is 3.39. The van der Waals surface area contributed by atoms with E-state index in [-0.39, 0.29) is 23.0 Å². The molecule has 6 heteroatoms. The molecule has 0 saturated heterocycles. The quantitative estimate of drug-likeness (QED) is 0.621. The van der Waals surface area contributed by atoms with Crippen molar-refractivity contribution in [2.45, 2.75) is 0 Å². The molecule has 0 heterocycles. The highest BCUT2D eigenvalue weighted by Crippen LogP contribution is 2.27.